The standard InChI is InChI=1S/C12H23N5.HI/c1-4-6-14-12(13)15-7-5-8-17-11(3)9-10(2)16-17;/h9H,4-8H2,1-3H3,(H3,13,14,15);1H. The summed E-state index contributed by atoms with van der Waals surface area (Å²) in [6.07, 6.45) is 2.01. The third-order valence-corrected chi connectivity index (χ3v) is 2.46. The van der Waals surface area contributed by atoms with Crippen molar-refractivity contribution in [2.24, 2.45) is 10.7 Å². The van der Waals surface area contributed by atoms with Crippen molar-refractivity contribution in [1.82, 2.24) is 15.1 Å². The predicted octanol–water partition coefficient (Wildman–Crippen LogP) is 1.82. The molecular weight excluding hydrogens is 341 g/mol. The maximum absolute atomic E-state index is 5.69. The largest absolute Gasteiger partial charge is 0.370 e. The molecular formula is C12H24IN5. The molecule has 6 heteroatoms. The molecule has 0 amide bonds. The van der Waals surface area contributed by atoms with Crippen LogP contribution in [0.3, 0.4) is 0 Å². The second-order valence-electron chi connectivity index (χ2n) is 4.20. The zero-order valence-corrected chi connectivity index (χ0v) is 13.8. The SMILES string of the molecule is CCCN=C(N)NCCCn1nc(C)cc1C.I. The minimum Gasteiger partial charge on any atom is -0.370 e. The molecule has 3 N–H and O–H groups in total. The van der Waals surface area contributed by atoms with Crippen LogP contribution in [0, 0.1) is 13.8 Å². The van der Waals surface area contributed by atoms with Gasteiger partial charge in [-0.05, 0) is 32.8 Å². The molecule has 104 valence electrons. The minimum absolute atomic E-state index is 0. The summed E-state index contributed by atoms with van der Waals surface area (Å²) in [6, 6.07) is 2.09. The molecule has 1 heterocycles. The molecule has 1 rings (SSSR count). The topological polar surface area (TPSA) is 68.2 Å². The van der Waals surface area contributed by atoms with E-state index in [1.54, 1.807) is 0 Å². The van der Waals surface area contributed by atoms with Gasteiger partial charge in [-0.2, -0.15) is 5.10 Å². The highest BCUT2D eigenvalue weighted by Gasteiger charge is 1.99. The Labute approximate surface area is 126 Å². The van der Waals surface area contributed by atoms with Crippen molar-refractivity contribution in [3.63, 3.8) is 0 Å². The highest BCUT2D eigenvalue weighted by atomic mass is 127. The molecule has 18 heavy (non-hydrogen) atoms. The van der Waals surface area contributed by atoms with Gasteiger partial charge >= 0.3 is 0 Å². The molecule has 0 aliphatic heterocycles. The third kappa shape index (κ3) is 6.23. The van der Waals surface area contributed by atoms with Crippen LogP contribution in [0.4, 0.5) is 0 Å². The van der Waals surface area contributed by atoms with Gasteiger partial charge in [-0.1, -0.05) is 6.92 Å². The van der Waals surface area contributed by atoms with E-state index in [0.717, 1.165) is 38.2 Å². The van der Waals surface area contributed by atoms with Crippen molar-refractivity contribution in [2.75, 3.05) is 13.1 Å². The summed E-state index contributed by atoms with van der Waals surface area (Å²) in [4.78, 5) is 4.17. The Morgan fingerprint density at radius 3 is 2.78 bits per heavy atom. The quantitative estimate of drug-likeness (QED) is 0.350. The maximum Gasteiger partial charge on any atom is 0.188 e. The monoisotopic (exact) mass is 365 g/mol. The second kappa shape index (κ2) is 9.18. The minimum atomic E-state index is 0. The van der Waals surface area contributed by atoms with Crippen LogP contribution in [-0.2, 0) is 6.54 Å². The van der Waals surface area contributed by atoms with Gasteiger partial charge in [0.25, 0.3) is 0 Å². The average Bonchev–Trinajstić information content (AvgIpc) is 2.60. The highest BCUT2D eigenvalue weighted by Crippen LogP contribution is 2.01. The summed E-state index contributed by atoms with van der Waals surface area (Å²) in [5.41, 5.74) is 7.96. The van der Waals surface area contributed by atoms with Gasteiger partial charge in [-0.15, -0.1) is 24.0 Å². The van der Waals surface area contributed by atoms with Crippen molar-refractivity contribution in [1.29, 1.82) is 0 Å². The lowest BCUT2D eigenvalue weighted by atomic mass is 10.4. The van der Waals surface area contributed by atoms with Crippen LogP contribution in [0.2, 0.25) is 0 Å². The van der Waals surface area contributed by atoms with Crippen LogP contribution in [0.15, 0.2) is 11.1 Å². The van der Waals surface area contributed by atoms with E-state index in [1.165, 1.54) is 5.69 Å². The first kappa shape index (κ1) is 17.2. The third-order valence-electron chi connectivity index (χ3n) is 2.46. The van der Waals surface area contributed by atoms with Crippen LogP contribution < -0.4 is 11.1 Å². The number of guanidine groups is 1. The van der Waals surface area contributed by atoms with Crippen molar-refractivity contribution in [2.45, 2.75) is 40.2 Å². The fourth-order valence-corrected chi connectivity index (χ4v) is 1.63. The Kier molecular flexibility index (Phi) is 8.78. The van der Waals surface area contributed by atoms with Crippen molar-refractivity contribution < 1.29 is 0 Å². The van der Waals surface area contributed by atoms with Gasteiger partial charge in [0.1, 0.15) is 0 Å². The van der Waals surface area contributed by atoms with Gasteiger partial charge in [0.05, 0.1) is 5.69 Å². The van der Waals surface area contributed by atoms with Gasteiger partial charge in [0.2, 0.25) is 0 Å². The van der Waals surface area contributed by atoms with Gasteiger partial charge < -0.3 is 11.1 Å². The summed E-state index contributed by atoms with van der Waals surface area (Å²) < 4.78 is 2.02. The molecule has 0 spiro atoms. The van der Waals surface area contributed by atoms with Crippen LogP contribution >= 0.6 is 24.0 Å². The zero-order chi connectivity index (χ0) is 12.7. The number of hydrogen-bond donors (Lipinski definition) is 2. The fourth-order valence-electron chi connectivity index (χ4n) is 1.63. The summed E-state index contributed by atoms with van der Waals surface area (Å²) in [6.45, 7) is 8.70. The maximum atomic E-state index is 5.69. The first-order chi connectivity index (χ1) is 8.13. The number of hydrogen-bond acceptors (Lipinski definition) is 2. The Morgan fingerprint density at radius 2 is 2.22 bits per heavy atom. The molecule has 0 fully saturated rings. The molecule has 1 aromatic heterocycles. The first-order valence-corrected chi connectivity index (χ1v) is 6.18. The Morgan fingerprint density at radius 1 is 1.50 bits per heavy atom. The number of nitrogens with one attached hydrogen (secondary N) is 1. The number of rotatable bonds is 6. The van der Waals surface area contributed by atoms with E-state index >= 15 is 0 Å². The lowest BCUT2D eigenvalue weighted by Crippen LogP contribution is -2.33. The predicted molar refractivity (Wildman–Crippen MR) is 86.5 cm³/mol. The van der Waals surface area contributed by atoms with Gasteiger partial charge in [-0.25, -0.2) is 0 Å². The number of nitrogens with zero attached hydrogens (tertiary/aromatic N) is 3. The Balaban J connectivity index is 0.00000289. The van der Waals surface area contributed by atoms with Crippen LogP contribution in [0.25, 0.3) is 0 Å². The number of aromatic nitrogens is 2. The molecule has 5 nitrogen and oxygen atoms in total. The van der Waals surface area contributed by atoms with Crippen LogP contribution in [0.5, 0.6) is 0 Å². The molecule has 0 atom stereocenters. The van der Waals surface area contributed by atoms with E-state index in [2.05, 4.69) is 35.3 Å². The first-order valence-electron chi connectivity index (χ1n) is 6.18. The Hall–Kier alpha value is -0.790. The van der Waals surface area contributed by atoms with E-state index in [-0.39, 0.29) is 24.0 Å². The molecule has 0 radical (unpaired) electrons. The zero-order valence-electron chi connectivity index (χ0n) is 11.4. The van der Waals surface area contributed by atoms with Crippen LogP contribution in [-0.4, -0.2) is 28.8 Å². The smallest absolute Gasteiger partial charge is 0.188 e. The number of nitrogens with two attached hydrogens (primary N) is 1. The Bertz CT molecular complexity index is 373. The highest BCUT2D eigenvalue weighted by molar-refractivity contribution is 14.0. The lowest BCUT2D eigenvalue weighted by molar-refractivity contribution is 0.557. The van der Waals surface area contributed by atoms with Gasteiger partial charge in [0.15, 0.2) is 5.96 Å². The van der Waals surface area contributed by atoms with Crippen molar-refractivity contribution in [3.05, 3.63) is 17.5 Å². The van der Waals surface area contributed by atoms with E-state index in [9.17, 15) is 0 Å². The fraction of sp³-hybridized carbons (Fsp3) is 0.667. The second-order valence-corrected chi connectivity index (χ2v) is 4.20. The summed E-state index contributed by atoms with van der Waals surface area (Å²) in [5.74, 6) is 0.542. The van der Waals surface area contributed by atoms with Crippen LogP contribution in [0.1, 0.15) is 31.2 Å². The molecule has 0 aliphatic carbocycles. The van der Waals surface area contributed by atoms with Crippen molar-refractivity contribution >= 4 is 29.9 Å². The number of aliphatic imine (C=N–C) groups is 1. The molecule has 1 aromatic rings. The molecule has 0 aliphatic rings. The summed E-state index contributed by atoms with van der Waals surface area (Å²) >= 11 is 0. The summed E-state index contributed by atoms with van der Waals surface area (Å²) in [7, 11) is 0. The summed E-state index contributed by atoms with van der Waals surface area (Å²) in [5, 5.41) is 7.50. The molecule has 0 unspecified atom stereocenters. The van der Waals surface area contributed by atoms with E-state index < -0.39 is 0 Å². The van der Waals surface area contributed by atoms with Gasteiger partial charge in [0, 0.05) is 25.3 Å². The van der Waals surface area contributed by atoms with Gasteiger partial charge in [-0.3, -0.25) is 9.67 Å². The molecule has 0 saturated heterocycles. The van der Waals surface area contributed by atoms with E-state index in [1.807, 2.05) is 11.6 Å². The van der Waals surface area contributed by atoms with E-state index in [0.29, 0.717) is 5.96 Å². The normalized spacial score (nSPS) is 11.2. The van der Waals surface area contributed by atoms with Crippen molar-refractivity contribution in [3.8, 4) is 0 Å². The molecule has 0 bridgehead atoms. The molecule has 0 saturated carbocycles. The molecule has 0 aromatic carbocycles. The average molecular weight is 365 g/mol. The van der Waals surface area contributed by atoms with E-state index in [4.69, 9.17) is 5.73 Å². The lowest BCUT2D eigenvalue weighted by Gasteiger charge is -2.06. The number of halogens is 1. The number of aryl methyl sites for hydroxylation is 3.